The van der Waals surface area contributed by atoms with Gasteiger partial charge in [0.15, 0.2) is 0 Å². The molecule has 0 saturated carbocycles. The summed E-state index contributed by atoms with van der Waals surface area (Å²) in [5, 5.41) is 12.3. The van der Waals surface area contributed by atoms with Crippen molar-refractivity contribution in [2.75, 3.05) is 19.6 Å². The minimum absolute atomic E-state index is 0.0245. The van der Waals surface area contributed by atoms with Crippen LogP contribution in [0.3, 0.4) is 0 Å². The Kier molecular flexibility index (Phi) is 4.59. The van der Waals surface area contributed by atoms with E-state index in [-0.39, 0.29) is 6.61 Å². The van der Waals surface area contributed by atoms with Gasteiger partial charge < -0.3 is 19.7 Å². The van der Waals surface area contributed by atoms with Crippen LogP contribution in [0, 0.1) is 0 Å². The Morgan fingerprint density at radius 1 is 1.35 bits per heavy atom. The van der Waals surface area contributed by atoms with Gasteiger partial charge in [-0.25, -0.2) is 0 Å². The molecule has 4 nitrogen and oxygen atoms in total. The molecule has 1 aromatic rings. The lowest BCUT2D eigenvalue weighted by Gasteiger charge is -2.20. The molecule has 96 valence electrons. The molecule has 1 aliphatic heterocycles. The molecule has 2 heterocycles. The summed E-state index contributed by atoms with van der Waals surface area (Å²) in [6.07, 6.45) is 2.68. The minimum Gasteiger partial charge on any atom is -0.462 e. The van der Waals surface area contributed by atoms with E-state index in [0.717, 1.165) is 18.8 Å². The second kappa shape index (κ2) is 6.19. The number of hydrogen-bond acceptors (Lipinski definition) is 4. The first-order chi connectivity index (χ1) is 8.28. The van der Waals surface area contributed by atoms with E-state index in [9.17, 15) is 0 Å². The van der Waals surface area contributed by atoms with Crippen molar-refractivity contribution in [1.29, 1.82) is 0 Å². The number of likely N-dealkylation sites (tertiary alicyclic amines) is 1. The van der Waals surface area contributed by atoms with Crippen molar-refractivity contribution in [3.05, 3.63) is 23.7 Å². The highest BCUT2D eigenvalue weighted by molar-refractivity contribution is 5.06. The van der Waals surface area contributed by atoms with Crippen molar-refractivity contribution in [1.82, 2.24) is 10.2 Å². The van der Waals surface area contributed by atoms with Crippen molar-refractivity contribution in [2.45, 2.75) is 39.0 Å². The van der Waals surface area contributed by atoms with Gasteiger partial charge in [-0.3, -0.25) is 0 Å². The summed E-state index contributed by atoms with van der Waals surface area (Å²) in [5.41, 5.74) is 0. The number of hydrogen-bond donors (Lipinski definition) is 2. The highest BCUT2D eigenvalue weighted by Gasteiger charge is 2.14. The monoisotopic (exact) mass is 238 g/mol. The summed E-state index contributed by atoms with van der Waals surface area (Å²) in [7, 11) is 0. The van der Waals surface area contributed by atoms with Crippen molar-refractivity contribution < 1.29 is 9.52 Å². The van der Waals surface area contributed by atoms with Gasteiger partial charge in [-0.2, -0.15) is 0 Å². The zero-order chi connectivity index (χ0) is 12.1. The Morgan fingerprint density at radius 3 is 2.71 bits per heavy atom. The number of nitrogens with zero attached hydrogens (tertiary/aromatic N) is 1. The molecule has 2 rings (SSSR count). The molecule has 0 aliphatic carbocycles. The summed E-state index contributed by atoms with van der Waals surface area (Å²) in [6, 6.07) is 4.21. The van der Waals surface area contributed by atoms with Gasteiger partial charge in [0.1, 0.15) is 18.1 Å². The maximum Gasteiger partial charge on any atom is 0.129 e. The third kappa shape index (κ3) is 3.84. The first-order valence-corrected chi connectivity index (χ1v) is 6.42. The summed E-state index contributed by atoms with van der Waals surface area (Å²) in [5.74, 6) is 1.52. The molecule has 0 aromatic carbocycles. The molecule has 1 unspecified atom stereocenters. The van der Waals surface area contributed by atoms with Crippen molar-refractivity contribution >= 4 is 0 Å². The van der Waals surface area contributed by atoms with Crippen LogP contribution in [0.5, 0.6) is 0 Å². The Morgan fingerprint density at radius 2 is 2.06 bits per heavy atom. The third-order valence-corrected chi connectivity index (χ3v) is 3.23. The van der Waals surface area contributed by atoms with Crippen molar-refractivity contribution in [3.8, 4) is 0 Å². The van der Waals surface area contributed by atoms with Gasteiger partial charge in [0.05, 0.1) is 6.54 Å². The zero-order valence-electron chi connectivity index (χ0n) is 10.5. The number of aliphatic hydroxyl groups is 1. The smallest absolute Gasteiger partial charge is 0.129 e. The van der Waals surface area contributed by atoms with Crippen LogP contribution in [0.2, 0.25) is 0 Å². The maximum absolute atomic E-state index is 8.90. The van der Waals surface area contributed by atoms with Gasteiger partial charge in [0.2, 0.25) is 0 Å². The van der Waals surface area contributed by atoms with Crippen LogP contribution < -0.4 is 5.32 Å². The number of nitrogens with one attached hydrogen (secondary N) is 1. The predicted molar refractivity (Wildman–Crippen MR) is 66.6 cm³/mol. The SMILES string of the molecule is CC(CN1CCCC1)NCc1ccc(CO)o1. The molecule has 0 radical (unpaired) electrons. The van der Waals surface area contributed by atoms with E-state index in [0.29, 0.717) is 11.8 Å². The molecule has 1 aromatic heterocycles. The largest absolute Gasteiger partial charge is 0.462 e. The summed E-state index contributed by atoms with van der Waals surface area (Å²) in [6.45, 7) is 6.49. The van der Waals surface area contributed by atoms with Crippen LogP contribution in [0.25, 0.3) is 0 Å². The normalized spacial score (nSPS) is 18.7. The lowest BCUT2D eigenvalue weighted by atomic mass is 10.3. The van der Waals surface area contributed by atoms with Crippen LogP contribution >= 0.6 is 0 Å². The van der Waals surface area contributed by atoms with Crippen LogP contribution in [0.4, 0.5) is 0 Å². The molecule has 2 N–H and O–H groups in total. The molecule has 1 atom stereocenters. The van der Waals surface area contributed by atoms with Gasteiger partial charge in [-0.1, -0.05) is 0 Å². The summed E-state index contributed by atoms with van der Waals surface area (Å²) < 4.78 is 5.43. The molecule has 1 saturated heterocycles. The summed E-state index contributed by atoms with van der Waals surface area (Å²) in [4.78, 5) is 2.50. The third-order valence-electron chi connectivity index (χ3n) is 3.23. The molecule has 0 bridgehead atoms. The average Bonchev–Trinajstić information content (AvgIpc) is 2.96. The predicted octanol–water partition coefficient (Wildman–Crippen LogP) is 1.35. The van der Waals surface area contributed by atoms with Gasteiger partial charge in [0.25, 0.3) is 0 Å². The van der Waals surface area contributed by atoms with E-state index in [4.69, 9.17) is 9.52 Å². The molecular formula is C13H22N2O2. The Balaban J connectivity index is 1.69. The maximum atomic E-state index is 8.90. The molecular weight excluding hydrogens is 216 g/mol. The quantitative estimate of drug-likeness (QED) is 0.785. The number of aliphatic hydroxyl groups excluding tert-OH is 1. The van der Waals surface area contributed by atoms with Crippen molar-refractivity contribution in [2.24, 2.45) is 0 Å². The van der Waals surface area contributed by atoms with E-state index in [2.05, 4.69) is 17.1 Å². The fraction of sp³-hybridized carbons (Fsp3) is 0.692. The second-order valence-corrected chi connectivity index (χ2v) is 4.82. The molecule has 1 aliphatic rings. The van der Waals surface area contributed by atoms with Crippen LogP contribution in [0.1, 0.15) is 31.3 Å². The van der Waals surface area contributed by atoms with E-state index in [1.165, 1.54) is 25.9 Å². The van der Waals surface area contributed by atoms with Gasteiger partial charge >= 0.3 is 0 Å². The second-order valence-electron chi connectivity index (χ2n) is 4.82. The first kappa shape index (κ1) is 12.6. The zero-order valence-corrected chi connectivity index (χ0v) is 10.5. The van der Waals surface area contributed by atoms with Crippen molar-refractivity contribution in [3.63, 3.8) is 0 Å². The topological polar surface area (TPSA) is 48.6 Å². The Hall–Kier alpha value is -0.840. The van der Waals surface area contributed by atoms with Crippen LogP contribution in [-0.4, -0.2) is 35.7 Å². The fourth-order valence-electron chi connectivity index (χ4n) is 2.29. The highest BCUT2D eigenvalue weighted by atomic mass is 16.4. The molecule has 1 fully saturated rings. The van der Waals surface area contributed by atoms with E-state index in [1.807, 2.05) is 12.1 Å². The number of furan rings is 1. The lowest BCUT2D eigenvalue weighted by molar-refractivity contribution is 0.241. The average molecular weight is 238 g/mol. The Bertz CT molecular complexity index is 332. The van der Waals surface area contributed by atoms with E-state index in [1.54, 1.807) is 0 Å². The molecule has 0 spiro atoms. The van der Waals surface area contributed by atoms with Gasteiger partial charge in [0, 0.05) is 12.6 Å². The van der Waals surface area contributed by atoms with Crippen LogP contribution in [-0.2, 0) is 13.2 Å². The summed E-state index contributed by atoms with van der Waals surface area (Å²) >= 11 is 0. The first-order valence-electron chi connectivity index (χ1n) is 6.42. The van der Waals surface area contributed by atoms with E-state index >= 15 is 0 Å². The standard InChI is InChI=1S/C13H22N2O2/c1-11(9-15-6-2-3-7-15)14-8-12-4-5-13(10-16)17-12/h4-5,11,14,16H,2-3,6-10H2,1H3. The van der Waals surface area contributed by atoms with Crippen LogP contribution in [0.15, 0.2) is 16.5 Å². The molecule has 0 amide bonds. The van der Waals surface area contributed by atoms with Gasteiger partial charge in [-0.15, -0.1) is 0 Å². The minimum atomic E-state index is -0.0245. The molecule has 17 heavy (non-hydrogen) atoms. The molecule has 4 heteroatoms. The fourth-order valence-corrected chi connectivity index (χ4v) is 2.29. The van der Waals surface area contributed by atoms with E-state index < -0.39 is 0 Å². The van der Waals surface area contributed by atoms with Gasteiger partial charge in [-0.05, 0) is 45.0 Å². The number of rotatable bonds is 6. The lowest BCUT2D eigenvalue weighted by Crippen LogP contribution is -2.37. The highest BCUT2D eigenvalue weighted by Crippen LogP contribution is 2.09. The Labute approximate surface area is 103 Å².